The molecule has 29 heavy (non-hydrogen) atoms. The maximum Gasteiger partial charge on any atom is 0.246 e. The Morgan fingerprint density at radius 3 is 2.79 bits per heavy atom. The lowest BCUT2D eigenvalue weighted by molar-refractivity contribution is -0.136. The number of hydrogen-bond donors (Lipinski definition) is 0. The Balaban J connectivity index is 1.35. The first-order chi connectivity index (χ1) is 14.1. The highest BCUT2D eigenvalue weighted by Crippen LogP contribution is 2.33. The molecular weight excluding hydrogens is 374 g/mol. The number of aromatic nitrogens is 3. The van der Waals surface area contributed by atoms with Gasteiger partial charge in [0.15, 0.2) is 5.82 Å². The van der Waals surface area contributed by atoms with E-state index in [1.54, 1.807) is 25.1 Å². The molecule has 9 nitrogen and oxygen atoms in total. The molecule has 2 aliphatic rings. The van der Waals surface area contributed by atoms with Crippen molar-refractivity contribution in [1.82, 2.24) is 24.9 Å². The summed E-state index contributed by atoms with van der Waals surface area (Å²) in [5.41, 5.74) is 0.691. The van der Waals surface area contributed by atoms with Gasteiger partial charge in [-0.2, -0.15) is 4.98 Å². The van der Waals surface area contributed by atoms with Crippen molar-refractivity contribution < 1.29 is 18.8 Å². The van der Waals surface area contributed by atoms with Gasteiger partial charge in [0, 0.05) is 37.9 Å². The van der Waals surface area contributed by atoms with Crippen LogP contribution in [0.5, 0.6) is 5.88 Å². The van der Waals surface area contributed by atoms with Gasteiger partial charge in [0.2, 0.25) is 17.7 Å². The van der Waals surface area contributed by atoms with Crippen LogP contribution in [0.15, 0.2) is 22.9 Å². The van der Waals surface area contributed by atoms with Gasteiger partial charge in [-0.25, -0.2) is 4.98 Å². The summed E-state index contributed by atoms with van der Waals surface area (Å²) in [6.07, 6.45) is 3.79. The Hall–Kier alpha value is -2.52. The van der Waals surface area contributed by atoms with Crippen LogP contribution in [-0.2, 0) is 22.6 Å². The van der Waals surface area contributed by atoms with Crippen molar-refractivity contribution in [3.63, 3.8) is 0 Å². The molecule has 0 N–H and O–H groups in total. The number of ether oxygens (including phenoxy) is 2. The van der Waals surface area contributed by atoms with Crippen LogP contribution in [0.1, 0.15) is 36.5 Å². The molecule has 1 amide bonds. The van der Waals surface area contributed by atoms with E-state index in [9.17, 15) is 4.79 Å². The molecule has 0 radical (unpaired) electrons. The lowest BCUT2D eigenvalue weighted by atomic mass is 9.87. The number of carbonyl (C=O) groups excluding carboxylic acids is 1. The number of rotatable bonds is 5. The van der Waals surface area contributed by atoms with E-state index in [1.807, 2.05) is 12.1 Å². The first kappa shape index (κ1) is 19.8. The Kier molecular flexibility index (Phi) is 5.77. The Morgan fingerprint density at radius 2 is 2.07 bits per heavy atom. The number of pyridine rings is 1. The number of nitrogens with zero attached hydrogens (tertiary/aromatic N) is 5. The van der Waals surface area contributed by atoms with Crippen LogP contribution in [0.25, 0.3) is 0 Å². The third-order valence-electron chi connectivity index (χ3n) is 5.70. The van der Waals surface area contributed by atoms with E-state index < -0.39 is 0 Å². The van der Waals surface area contributed by atoms with Crippen LogP contribution in [0.4, 0.5) is 0 Å². The van der Waals surface area contributed by atoms with E-state index in [0.717, 1.165) is 38.0 Å². The van der Waals surface area contributed by atoms with Gasteiger partial charge in [-0.05, 0) is 25.8 Å². The zero-order valence-corrected chi connectivity index (χ0v) is 17.0. The SMILES string of the molecule is COc1ncccc1CN1CCC2(CC1)CC(=O)N(Cc1nc(C)no1)CCO2. The third-order valence-corrected chi connectivity index (χ3v) is 5.70. The molecule has 2 saturated heterocycles. The molecule has 0 aliphatic carbocycles. The van der Waals surface area contributed by atoms with Gasteiger partial charge in [0.25, 0.3) is 0 Å². The van der Waals surface area contributed by atoms with Gasteiger partial charge in [-0.3, -0.25) is 9.69 Å². The summed E-state index contributed by atoms with van der Waals surface area (Å²) < 4.78 is 16.7. The molecule has 0 bridgehead atoms. The second kappa shape index (κ2) is 8.46. The van der Waals surface area contributed by atoms with Crippen molar-refractivity contribution in [1.29, 1.82) is 0 Å². The number of likely N-dealkylation sites (tertiary alicyclic amines) is 1. The summed E-state index contributed by atoms with van der Waals surface area (Å²) >= 11 is 0. The minimum Gasteiger partial charge on any atom is -0.481 e. The van der Waals surface area contributed by atoms with E-state index in [4.69, 9.17) is 14.0 Å². The molecule has 4 heterocycles. The van der Waals surface area contributed by atoms with Crippen molar-refractivity contribution in [2.24, 2.45) is 0 Å². The van der Waals surface area contributed by atoms with Gasteiger partial charge in [-0.1, -0.05) is 11.2 Å². The van der Waals surface area contributed by atoms with Crippen LogP contribution in [-0.4, -0.2) is 69.8 Å². The van der Waals surface area contributed by atoms with Crippen LogP contribution >= 0.6 is 0 Å². The highest BCUT2D eigenvalue weighted by molar-refractivity contribution is 5.77. The Bertz CT molecular complexity index is 847. The second-order valence-electron chi connectivity index (χ2n) is 7.71. The van der Waals surface area contributed by atoms with Gasteiger partial charge < -0.3 is 18.9 Å². The highest BCUT2D eigenvalue weighted by Gasteiger charge is 2.41. The zero-order valence-electron chi connectivity index (χ0n) is 17.0. The number of aryl methyl sites for hydroxylation is 1. The fourth-order valence-electron chi connectivity index (χ4n) is 4.08. The highest BCUT2D eigenvalue weighted by atomic mass is 16.5. The van der Waals surface area contributed by atoms with E-state index in [-0.39, 0.29) is 11.5 Å². The monoisotopic (exact) mass is 401 g/mol. The summed E-state index contributed by atoms with van der Waals surface area (Å²) in [5.74, 6) is 1.79. The third kappa shape index (κ3) is 4.56. The molecule has 2 aromatic heterocycles. The van der Waals surface area contributed by atoms with E-state index >= 15 is 0 Å². The van der Waals surface area contributed by atoms with Crippen molar-refractivity contribution in [3.05, 3.63) is 35.6 Å². The van der Waals surface area contributed by atoms with Gasteiger partial charge in [0.05, 0.1) is 25.7 Å². The molecule has 156 valence electrons. The van der Waals surface area contributed by atoms with Gasteiger partial charge in [0.1, 0.15) is 6.54 Å². The minimum absolute atomic E-state index is 0.0840. The van der Waals surface area contributed by atoms with Gasteiger partial charge in [-0.15, -0.1) is 0 Å². The smallest absolute Gasteiger partial charge is 0.246 e. The van der Waals surface area contributed by atoms with Crippen LogP contribution in [0.2, 0.25) is 0 Å². The first-order valence-electron chi connectivity index (χ1n) is 9.98. The lowest BCUT2D eigenvalue weighted by Crippen LogP contribution is -2.47. The lowest BCUT2D eigenvalue weighted by Gasteiger charge is -2.40. The molecule has 0 saturated carbocycles. The normalized spacial score (nSPS) is 20.1. The predicted octanol–water partition coefficient (Wildman–Crippen LogP) is 1.57. The number of hydrogen-bond acceptors (Lipinski definition) is 8. The number of carbonyl (C=O) groups is 1. The summed E-state index contributed by atoms with van der Waals surface area (Å²) in [5, 5.41) is 3.79. The van der Waals surface area contributed by atoms with Crippen molar-refractivity contribution in [3.8, 4) is 5.88 Å². The molecule has 2 fully saturated rings. The van der Waals surface area contributed by atoms with Crippen molar-refractivity contribution >= 4 is 5.91 Å². The van der Waals surface area contributed by atoms with Crippen LogP contribution in [0, 0.1) is 6.92 Å². The zero-order chi connectivity index (χ0) is 20.3. The molecule has 1 spiro atoms. The first-order valence-corrected chi connectivity index (χ1v) is 9.98. The predicted molar refractivity (Wildman–Crippen MR) is 103 cm³/mol. The number of amides is 1. The Labute approximate surface area is 170 Å². The van der Waals surface area contributed by atoms with Crippen molar-refractivity contribution in [2.75, 3.05) is 33.4 Å². The molecule has 2 aliphatic heterocycles. The topological polar surface area (TPSA) is 93.8 Å². The number of piperidine rings is 1. The average molecular weight is 401 g/mol. The fraction of sp³-hybridized carbons (Fsp3) is 0.600. The van der Waals surface area contributed by atoms with Crippen molar-refractivity contribution in [2.45, 2.75) is 44.9 Å². The maximum atomic E-state index is 12.9. The molecule has 4 rings (SSSR count). The summed E-state index contributed by atoms with van der Waals surface area (Å²) in [6, 6.07) is 3.97. The molecule has 0 atom stereocenters. The maximum absolute atomic E-state index is 12.9. The summed E-state index contributed by atoms with van der Waals surface area (Å²) in [7, 11) is 1.64. The van der Waals surface area contributed by atoms with Crippen LogP contribution < -0.4 is 4.74 Å². The van der Waals surface area contributed by atoms with Crippen LogP contribution in [0.3, 0.4) is 0 Å². The minimum atomic E-state index is -0.383. The summed E-state index contributed by atoms with van der Waals surface area (Å²) in [6.45, 7) is 5.69. The van der Waals surface area contributed by atoms with Gasteiger partial charge >= 0.3 is 0 Å². The molecule has 0 unspecified atom stereocenters. The van der Waals surface area contributed by atoms with E-state index in [1.165, 1.54) is 0 Å². The molecule has 2 aromatic rings. The van der Waals surface area contributed by atoms with E-state index in [0.29, 0.717) is 43.7 Å². The second-order valence-corrected chi connectivity index (χ2v) is 7.71. The fourth-order valence-corrected chi connectivity index (χ4v) is 4.08. The largest absolute Gasteiger partial charge is 0.481 e. The average Bonchev–Trinajstić information content (AvgIpc) is 3.07. The molecule has 0 aromatic carbocycles. The number of methoxy groups -OCH3 is 1. The van der Waals surface area contributed by atoms with E-state index in [2.05, 4.69) is 20.0 Å². The molecule has 9 heteroatoms. The molecular formula is C20H27N5O4. The quantitative estimate of drug-likeness (QED) is 0.745. The Morgan fingerprint density at radius 1 is 1.24 bits per heavy atom. The summed E-state index contributed by atoms with van der Waals surface area (Å²) in [4.78, 5) is 25.5. The standard InChI is InChI=1S/C20H27N5O4/c1-15-22-17(29-23-15)14-25-10-11-28-20(12-18(25)26)5-8-24(9-6-20)13-16-4-3-7-21-19(16)27-2/h3-4,7H,5-6,8-14H2,1-2H3.